The molecule has 0 unspecified atom stereocenters. The average molecular weight is 401 g/mol. The predicted octanol–water partition coefficient (Wildman–Crippen LogP) is 2.29. The van der Waals surface area contributed by atoms with Gasteiger partial charge in [0.1, 0.15) is 6.04 Å². The van der Waals surface area contributed by atoms with E-state index in [0.717, 1.165) is 9.37 Å². The highest BCUT2D eigenvalue weighted by atomic mass is 79.9. The molecular weight excluding hydrogens is 380 g/mol. The molecule has 126 valence electrons. The van der Waals surface area contributed by atoms with E-state index >= 15 is 0 Å². The first-order valence-electron chi connectivity index (χ1n) is 7.61. The van der Waals surface area contributed by atoms with Crippen LogP contribution in [0.25, 0.3) is 0 Å². The molecule has 0 spiro atoms. The van der Waals surface area contributed by atoms with Crippen molar-refractivity contribution in [2.24, 2.45) is 0 Å². The minimum Gasteiger partial charge on any atom is -0.378 e. The van der Waals surface area contributed by atoms with Crippen molar-refractivity contribution in [3.63, 3.8) is 0 Å². The van der Waals surface area contributed by atoms with Gasteiger partial charge in [0.25, 0.3) is 0 Å². The minimum absolute atomic E-state index is 0.0416. The lowest BCUT2D eigenvalue weighted by molar-refractivity contribution is -0.139. The molecule has 5 nitrogen and oxygen atoms in total. The van der Waals surface area contributed by atoms with Crippen molar-refractivity contribution in [1.82, 2.24) is 10.2 Å². The molecule has 1 aliphatic rings. The van der Waals surface area contributed by atoms with E-state index < -0.39 is 6.04 Å². The molecule has 0 aliphatic carbocycles. The van der Waals surface area contributed by atoms with Gasteiger partial charge in [0, 0.05) is 34.6 Å². The number of hydrogen-bond donors (Lipinski definition) is 1. The molecule has 2 rings (SSSR count). The second kappa shape index (κ2) is 9.30. The standard InChI is InChI=1S/C16H21BrN2O3S/c1-12(16(21)19-7-9-22-10-8-19)18-15(20)6-11-23-14-5-3-2-4-13(14)17/h2-5,12H,6-11H2,1H3,(H,18,20)/t12-/m0/s1. The topological polar surface area (TPSA) is 58.6 Å². The fourth-order valence-electron chi connectivity index (χ4n) is 2.25. The van der Waals surface area contributed by atoms with Crippen LogP contribution in [0.1, 0.15) is 13.3 Å². The first-order valence-corrected chi connectivity index (χ1v) is 9.39. The van der Waals surface area contributed by atoms with Gasteiger partial charge in [-0.3, -0.25) is 9.59 Å². The Labute approximate surface area is 149 Å². The van der Waals surface area contributed by atoms with E-state index in [9.17, 15) is 9.59 Å². The van der Waals surface area contributed by atoms with Crippen molar-refractivity contribution in [2.75, 3.05) is 32.1 Å². The van der Waals surface area contributed by atoms with Crippen LogP contribution < -0.4 is 5.32 Å². The van der Waals surface area contributed by atoms with Gasteiger partial charge in [0.05, 0.1) is 13.2 Å². The summed E-state index contributed by atoms with van der Waals surface area (Å²) in [5.74, 6) is 0.533. The first-order chi connectivity index (χ1) is 11.1. The third kappa shape index (κ3) is 5.82. The zero-order valence-electron chi connectivity index (χ0n) is 13.1. The number of nitrogens with one attached hydrogen (secondary N) is 1. The predicted molar refractivity (Wildman–Crippen MR) is 94.5 cm³/mol. The summed E-state index contributed by atoms with van der Waals surface area (Å²) in [4.78, 5) is 27.1. The zero-order valence-corrected chi connectivity index (χ0v) is 15.5. The van der Waals surface area contributed by atoms with Crippen molar-refractivity contribution in [2.45, 2.75) is 24.3 Å². The molecule has 1 heterocycles. The summed E-state index contributed by atoms with van der Waals surface area (Å²) in [6.45, 7) is 4.05. The Morgan fingerprint density at radius 1 is 1.35 bits per heavy atom. The van der Waals surface area contributed by atoms with E-state index in [2.05, 4.69) is 21.2 Å². The molecule has 1 aromatic rings. The van der Waals surface area contributed by atoms with Crippen molar-refractivity contribution >= 4 is 39.5 Å². The molecule has 0 aromatic heterocycles. The van der Waals surface area contributed by atoms with Crippen LogP contribution in [0.5, 0.6) is 0 Å². The number of nitrogens with zero attached hydrogens (tertiary/aromatic N) is 1. The summed E-state index contributed by atoms with van der Waals surface area (Å²) in [6, 6.07) is 7.42. The van der Waals surface area contributed by atoms with E-state index in [4.69, 9.17) is 4.74 Å². The van der Waals surface area contributed by atoms with Gasteiger partial charge in [0.15, 0.2) is 0 Å². The summed E-state index contributed by atoms with van der Waals surface area (Å²) in [5, 5.41) is 2.78. The van der Waals surface area contributed by atoms with Gasteiger partial charge in [-0.25, -0.2) is 0 Å². The Morgan fingerprint density at radius 3 is 2.74 bits per heavy atom. The second-order valence-corrected chi connectivity index (χ2v) is 7.25. The number of carbonyl (C=O) groups excluding carboxylic acids is 2. The molecule has 1 atom stereocenters. The highest BCUT2D eigenvalue weighted by Crippen LogP contribution is 2.27. The lowest BCUT2D eigenvalue weighted by Crippen LogP contribution is -2.50. The molecular formula is C16H21BrN2O3S. The number of hydrogen-bond acceptors (Lipinski definition) is 4. The quantitative estimate of drug-likeness (QED) is 0.744. The zero-order chi connectivity index (χ0) is 16.7. The van der Waals surface area contributed by atoms with Gasteiger partial charge in [-0.2, -0.15) is 0 Å². The van der Waals surface area contributed by atoms with E-state index in [0.29, 0.717) is 38.5 Å². The summed E-state index contributed by atoms with van der Waals surface area (Å²) in [6.07, 6.45) is 0.382. The van der Waals surface area contributed by atoms with Crippen LogP contribution in [0.4, 0.5) is 0 Å². The maximum atomic E-state index is 12.2. The maximum absolute atomic E-state index is 12.2. The highest BCUT2D eigenvalue weighted by molar-refractivity contribution is 9.10. The molecule has 23 heavy (non-hydrogen) atoms. The monoisotopic (exact) mass is 400 g/mol. The number of ether oxygens (including phenoxy) is 1. The molecule has 1 fully saturated rings. The molecule has 2 amide bonds. The molecule has 1 aromatic carbocycles. The third-order valence-corrected chi connectivity index (χ3v) is 5.52. The third-order valence-electron chi connectivity index (χ3n) is 3.49. The van der Waals surface area contributed by atoms with Crippen LogP contribution in [-0.2, 0) is 14.3 Å². The molecule has 1 aliphatic heterocycles. The number of amides is 2. The minimum atomic E-state index is -0.492. The summed E-state index contributed by atoms with van der Waals surface area (Å²) >= 11 is 5.10. The Kier molecular flexibility index (Phi) is 7.39. The largest absolute Gasteiger partial charge is 0.378 e. The lowest BCUT2D eigenvalue weighted by atomic mass is 10.2. The summed E-state index contributed by atoms with van der Waals surface area (Å²) < 4.78 is 6.26. The van der Waals surface area contributed by atoms with E-state index in [1.54, 1.807) is 23.6 Å². The van der Waals surface area contributed by atoms with Gasteiger partial charge in [-0.05, 0) is 35.0 Å². The van der Waals surface area contributed by atoms with Crippen LogP contribution in [0.3, 0.4) is 0 Å². The second-order valence-electron chi connectivity index (χ2n) is 5.26. The normalized spacial score (nSPS) is 16.0. The van der Waals surface area contributed by atoms with Crippen LogP contribution in [0.15, 0.2) is 33.6 Å². The maximum Gasteiger partial charge on any atom is 0.245 e. The van der Waals surface area contributed by atoms with Crippen LogP contribution >= 0.6 is 27.7 Å². The number of halogens is 1. The van der Waals surface area contributed by atoms with Crippen LogP contribution in [0, 0.1) is 0 Å². The van der Waals surface area contributed by atoms with E-state index in [1.165, 1.54) is 0 Å². The lowest BCUT2D eigenvalue weighted by Gasteiger charge is -2.29. The first kappa shape index (κ1) is 18.3. The Morgan fingerprint density at radius 2 is 2.04 bits per heavy atom. The van der Waals surface area contributed by atoms with Crippen LogP contribution in [-0.4, -0.2) is 54.8 Å². The van der Waals surface area contributed by atoms with Crippen LogP contribution in [0.2, 0.25) is 0 Å². The SMILES string of the molecule is C[C@H](NC(=O)CCSc1ccccc1Br)C(=O)N1CCOCC1. The number of benzene rings is 1. The molecule has 0 radical (unpaired) electrons. The Bertz CT molecular complexity index is 550. The molecule has 1 saturated heterocycles. The van der Waals surface area contributed by atoms with Gasteiger partial charge in [-0.15, -0.1) is 11.8 Å². The molecule has 1 N–H and O–H groups in total. The number of thioether (sulfide) groups is 1. The van der Waals surface area contributed by atoms with Gasteiger partial charge < -0.3 is 15.0 Å². The van der Waals surface area contributed by atoms with Gasteiger partial charge in [-0.1, -0.05) is 12.1 Å². The fourth-order valence-corrected chi connectivity index (χ4v) is 3.76. The molecule has 7 heteroatoms. The molecule has 0 bridgehead atoms. The summed E-state index contributed by atoms with van der Waals surface area (Å²) in [7, 11) is 0. The Hall–Kier alpha value is -1.05. The highest BCUT2D eigenvalue weighted by Gasteiger charge is 2.23. The van der Waals surface area contributed by atoms with Crippen molar-refractivity contribution in [1.29, 1.82) is 0 Å². The summed E-state index contributed by atoms with van der Waals surface area (Å²) in [5.41, 5.74) is 0. The van der Waals surface area contributed by atoms with Crippen molar-refractivity contribution in [3.05, 3.63) is 28.7 Å². The number of morpholine rings is 1. The molecule has 0 saturated carbocycles. The van der Waals surface area contributed by atoms with Crippen molar-refractivity contribution in [3.8, 4) is 0 Å². The Balaban J connectivity index is 1.71. The fraction of sp³-hybridized carbons (Fsp3) is 0.500. The smallest absolute Gasteiger partial charge is 0.245 e. The van der Waals surface area contributed by atoms with Gasteiger partial charge in [0.2, 0.25) is 11.8 Å². The van der Waals surface area contributed by atoms with E-state index in [1.807, 2.05) is 24.3 Å². The number of carbonyl (C=O) groups is 2. The average Bonchev–Trinajstić information content (AvgIpc) is 2.56. The van der Waals surface area contributed by atoms with E-state index in [-0.39, 0.29) is 11.8 Å². The van der Waals surface area contributed by atoms with Crippen molar-refractivity contribution < 1.29 is 14.3 Å². The van der Waals surface area contributed by atoms with Gasteiger partial charge >= 0.3 is 0 Å². The number of rotatable bonds is 6.